The molecule has 0 bridgehead atoms. The lowest BCUT2D eigenvalue weighted by atomic mass is 9.94. The number of nitrogens with one attached hydrogen (secondary N) is 1. The number of aromatic nitrogens is 3. The van der Waals surface area contributed by atoms with E-state index in [0.29, 0.717) is 47.1 Å². The van der Waals surface area contributed by atoms with Crippen molar-refractivity contribution < 1.29 is 19.0 Å². The lowest BCUT2D eigenvalue weighted by molar-refractivity contribution is -0.146. The standard InChI is InChI=1S/C35H37BrN4O4S/c1-3-42-30-20-26(17-18-29(30)43-21-25-13-10-14-27(36)19-25)32-31(33(41)44-28-15-8-5-9-16-28)23(2)37-34-38-35(39-40(32)34)45-22-24-11-6-4-7-12-24/h4,6-7,10-14,17-20,28,32H,3,5,8-9,15-16,21-22H2,1-2H3,(H,37,38,39). The van der Waals surface area contributed by atoms with Crippen molar-refractivity contribution in [3.05, 3.63) is 105 Å². The average molecular weight is 690 g/mol. The van der Waals surface area contributed by atoms with Gasteiger partial charge in [-0.25, -0.2) is 9.48 Å². The van der Waals surface area contributed by atoms with Crippen LogP contribution in [0.15, 0.2) is 93.7 Å². The van der Waals surface area contributed by atoms with Gasteiger partial charge in [-0.1, -0.05) is 82.6 Å². The molecule has 1 unspecified atom stereocenters. The Labute approximate surface area is 276 Å². The van der Waals surface area contributed by atoms with Gasteiger partial charge in [0.2, 0.25) is 11.1 Å². The highest BCUT2D eigenvalue weighted by atomic mass is 79.9. The molecule has 4 aromatic rings. The minimum atomic E-state index is -0.561. The van der Waals surface area contributed by atoms with E-state index < -0.39 is 6.04 Å². The monoisotopic (exact) mass is 688 g/mol. The van der Waals surface area contributed by atoms with E-state index in [1.54, 1.807) is 16.4 Å². The van der Waals surface area contributed by atoms with E-state index in [9.17, 15) is 4.79 Å². The Balaban J connectivity index is 1.33. The van der Waals surface area contributed by atoms with E-state index in [1.165, 1.54) is 12.0 Å². The second kappa shape index (κ2) is 14.6. The number of benzene rings is 3. The number of rotatable bonds is 11. The lowest BCUT2D eigenvalue weighted by Crippen LogP contribution is -2.32. The largest absolute Gasteiger partial charge is 0.490 e. The normalized spacial score (nSPS) is 16.6. The maximum atomic E-state index is 13.9. The Morgan fingerprint density at radius 2 is 1.78 bits per heavy atom. The van der Waals surface area contributed by atoms with Gasteiger partial charge in [-0.05, 0) is 80.5 Å². The van der Waals surface area contributed by atoms with Crippen molar-refractivity contribution in [3.63, 3.8) is 0 Å². The van der Waals surface area contributed by atoms with Crippen LogP contribution in [0, 0.1) is 0 Å². The SMILES string of the molecule is CCOc1cc(C2C(C(=O)OC3CCCCC3)=C(C)Nc3nc(SCc4ccccc4)nn32)ccc1OCc1cccc(Br)c1. The molecule has 1 N–H and O–H groups in total. The number of ether oxygens (including phenoxy) is 3. The first kappa shape index (κ1) is 31.2. The summed E-state index contributed by atoms with van der Waals surface area (Å²) in [5, 5.41) is 8.87. The Morgan fingerprint density at radius 1 is 0.978 bits per heavy atom. The van der Waals surface area contributed by atoms with Crippen molar-refractivity contribution in [2.75, 3.05) is 11.9 Å². The van der Waals surface area contributed by atoms with Crippen molar-refractivity contribution in [2.24, 2.45) is 0 Å². The van der Waals surface area contributed by atoms with Crippen LogP contribution in [0.2, 0.25) is 0 Å². The van der Waals surface area contributed by atoms with Crippen LogP contribution < -0.4 is 14.8 Å². The van der Waals surface area contributed by atoms with E-state index in [-0.39, 0.29) is 12.1 Å². The van der Waals surface area contributed by atoms with Crippen LogP contribution in [0.5, 0.6) is 11.5 Å². The smallest absolute Gasteiger partial charge is 0.338 e. The van der Waals surface area contributed by atoms with E-state index in [2.05, 4.69) is 33.4 Å². The molecule has 0 radical (unpaired) electrons. The lowest BCUT2D eigenvalue weighted by Gasteiger charge is -2.30. The second-order valence-corrected chi connectivity index (χ2v) is 13.1. The highest BCUT2D eigenvalue weighted by Crippen LogP contribution is 2.41. The molecular weight excluding hydrogens is 652 g/mol. The molecule has 0 amide bonds. The topological polar surface area (TPSA) is 87.5 Å². The number of esters is 1. The molecule has 3 aromatic carbocycles. The van der Waals surface area contributed by atoms with Crippen molar-refractivity contribution in [3.8, 4) is 11.5 Å². The summed E-state index contributed by atoms with van der Waals surface area (Å²) in [7, 11) is 0. The molecule has 1 aromatic heterocycles. The fourth-order valence-corrected chi connectivity index (χ4v) is 6.99. The number of carbonyl (C=O) groups is 1. The van der Waals surface area contributed by atoms with Gasteiger partial charge in [-0.3, -0.25) is 0 Å². The predicted octanol–water partition coefficient (Wildman–Crippen LogP) is 8.48. The van der Waals surface area contributed by atoms with Crippen LogP contribution in [0.4, 0.5) is 5.95 Å². The van der Waals surface area contributed by atoms with Gasteiger partial charge in [0.15, 0.2) is 11.5 Å². The van der Waals surface area contributed by atoms with Crippen molar-refractivity contribution in [1.82, 2.24) is 14.8 Å². The molecule has 1 saturated carbocycles. The zero-order valence-electron chi connectivity index (χ0n) is 25.5. The van der Waals surface area contributed by atoms with Gasteiger partial charge in [0, 0.05) is 15.9 Å². The minimum absolute atomic E-state index is 0.0749. The van der Waals surface area contributed by atoms with Gasteiger partial charge >= 0.3 is 5.97 Å². The summed E-state index contributed by atoms with van der Waals surface area (Å²) < 4.78 is 21.2. The molecule has 2 heterocycles. The maximum Gasteiger partial charge on any atom is 0.338 e. The Kier molecular flexibility index (Phi) is 10.1. The number of hydrogen-bond donors (Lipinski definition) is 1. The van der Waals surface area contributed by atoms with Gasteiger partial charge in [-0.2, -0.15) is 4.98 Å². The summed E-state index contributed by atoms with van der Waals surface area (Å²) in [4.78, 5) is 18.7. The molecule has 2 aliphatic rings. The molecular formula is C35H37BrN4O4S. The summed E-state index contributed by atoms with van der Waals surface area (Å²) in [6.45, 7) is 4.69. The molecule has 1 atom stereocenters. The molecule has 1 aliphatic heterocycles. The minimum Gasteiger partial charge on any atom is -0.490 e. The molecule has 1 aliphatic carbocycles. The third-order valence-corrected chi connectivity index (χ3v) is 9.36. The Morgan fingerprint density at radius 3 is 2.56 bits per heavy atom. The average Bonchev–Trinajstić information content (AvgIpc) is 3.46. The fourth-order valence-electron chi connectivity index (χ4n) is 5.76. The zero-order chi connectivity index (χ0) is 31.2. The third kappa shape index (κ3) is 7.56. The number of fused-ring (bicyclic) bond motifs is 1. The number of carbonyl (C=O) groups excluding carboxylic acids is 1. The van der Waals surface area contributed by atoms with Crippen LogP contribution in [0.1, 0.15) is 68.7 Å². The number of allylic oxidation sites excluding steroid dienone is 1. The van der Waals surface area contributed by atoms with Gasteiger partial charge in [0.05, 0.1) is 12.2 Å². The van der Waals surface area contributed by atoms with E-state index >= 15 is 0 Å². The third-order valence-electron chi connectivity index (χ3n) is 7.96. The number of anilines is 1. The quantitative estimate of drug-likeness (QED) is 0.124. The summed E-state index contributed by atoms with van der Waals surface area (Å²) in [6, 6.07) is 23.5. The first-order valence-corrected chi connectivity index (χ1v) is 17.2. The van der Waals surface area contributed by atoms with E-state index in [4.69, 9.17) is 24.3 Å². The van der Waals surface area contributed by atoms with Crippen LogP contribution >= 0.6 is 27.7 Å². The Bertz CT molecular complexity index is 1670. The van der Waals surface area contributed by atoms with Crippen LogP contribution in [0.25, 0.3) is 0 Å². The summed E-state index contributed by atoms with van der Waals surface area (Å²) in [5.41, 5.74) is 4.27. The molecule has 234 valence electrons. The summed E-state index contributed by atoms with van der Waals surface area (Å²) in [6.07, 6.45) is 5.04. The van der Waals surface area contributed by atoms with E-state index in [1.807, 2.05) is 74.5 Å². The van der Waals surface area contributed by atoms with Crippen LogP contribution in [-0.2, 0) is 21.9 Å². The first-order valence-electron chi connectivity index (χ1n) is 15.4. The molecule has 1 fully saturated rings. The number of hydrogen-bond acceptors (Lipinski definition) is 8. The molecule has 45 heavy (non-hydrogen) atoms. The van der Waals surface area contributed by atoms with Gasteiger partial charge in [0.1, 0.15) is 18.8 Å². The maximum absolute atomic E-state index is 13.9. The molecule has 10 heteroatoms. The van der Waals surface area contributed by atoms with Crippen molar-refractivity contribution >= 4 is 39.6 Å². The highest BCUT2D eigenvalue weighted by Gasteiger charge is 2.37. The molecule has 0 spiro atoms. The highest BCUT2D eigenvalue weighted by molar-refractivity contribution is 9.10. The van der Waals surface area contributed by atoms with E-state index in [0.717, 1.165) is 47.0 Å². The molecule has 6 rings (SSSR count). The molecule has 8 nitrogen and oxygen atoms in total. The number of halogens is 1. The first-order chi connectivity index (χ1) is 22.0. The van der Waals surface area contributed by atoms with Crippen LogP contribution in [0.3, 0.4) is 0 Å². The number of nitrogens with zero attached hydrogens (tertiary/aromatic N) is 3. The summed E-state index contributed by atoms with van der Waals surface area (Å²) in [5.74, 6) is 2.21. The Hall–Kier alpha value is -3.76. The fraction of sp³-hybridized carbons (Fsp3) is 0.343. The number of thioether (sulfide) groups is 1. The van der Waals surface area contributed by atoms with Crippen LogP contribution in [-0.4, -0.2) is 33.4 Å². The predicted molar refractivity (Wildman–Crippen MR) is 180 cm³/mol. The zero-order valence-corrected chi connectivity index (χ0v) is 27.9. The second-order valence-electron chi connectivity index (χ2n) is 11.2. The van der Waals surface area contributed by atoms with Gasteiger partial charge < -0.3 is 19.5 Å². The van der Waals surface area contributed by atoms with Crippen molar-refractivity contribution in [1.29, 1.82) is 0 Å². The summed E-state index contributed by atoms with van der Waals surface area (Å²) >= 11 is 5.09. The van der Waals surface area contributed by atoms with Crippen molar-refractivity contribution in [2.45, 2.75) is 75.6 Å². The van der Waals surface area contributed by atoms with Gasteiger partial charge in [-0.15, -0.1) is 5.10 Å². The molecule has 0 saturated heterocycles. The van der Waals surface area contributed by atoms with Gasteiger partial charge in [0.25, 0.3) is 0 Å².